The number of carboxylic acid groups (broad SMARTS) is 1. The molecule has 1 saturated carbocycles. The number of halogens is 2. The number of carbonyl (C=O) groups is 2. The van der Waals surface area contributed by atoms with Crippen molar-refractivity contribution < 1.29 is 23.5 Å². The van der Waals surface area contributed by atoms with Gasteiger partial charge in [0.05, 0.1) is 6.04 Å². The summed E-state index contributed by atoms with van der Waals surface area (Å²) in [5.41, 5.74) is 0.217. The number of Topliss-reactive ketones (excluding diaryl/α,β-unsaturated/α-hetero) is 1. The largest absolute Gasteiger partial charge is 0.465 e. The molecule has 1 amide bonds. The third kappa shape index (κ3) is 3.80. The SMILES string of the molecule is C=C(C)C(=O)C(CC1CC(F)(F)C1)NC(=O)O. The van der Waals surface area contributed by atoms with Crippen LogP contribution in [0.25, 0.3) is 0 Å². The molecule has 0 aromatic rings. The molecule has 1 aliphatic carbocycles. The number of hydrogen-bond donors (Lipinski definition) is 2. The van der Waals surface area contributed by atoms with Gasteiger partial charge in [-0.3, -0.25) is 4.79 Å². The Balaban J connectivity index is 2.56. The summed E-state index contributed by atoms with van der Waals surface area (Å²) in [4.78, 5) is 22.1. The second-order valence-corrected chi connectivity index (χ2v) is 4.51. The van der Waals surface area contributed by atoms with Crippen LogP contribution in [-0.4, -0.2) is 28.9 Å². The van der Waals surface area contributed by atoms with Crippen molar-refractivity contribution in [1.82, 2.24) is 5.32 Å². The van der Waals surface area contributed by atoms with Crippen LogP contribution >= 0.6 is 0 Å². The summed E-state index contributed by atoms with van der Waals surface area (Å²) in [6.45, 7) is 4.90. The Kier molecular flexibility index (Phi) is 3.85. The van der Waals surface area contributed by atoms with Gasteiger partial charge in [-0.05, 0) is 24.8 Å². The summed E-state index contributed by atoms with van der Waals surface area (Å²) >= 11 is 0. The average molecular weight is 247 g/mol. The second-order valence-electron chi connectivity index (χ2n) is 4.51. The van der Waals surface area contributed by atoms with Crippen LogP contribution in [0.2, 0.25) is 0 Å². The standard InChI is InChI=1S/C11H15F2NO3/c1-6(2)9(15)8(14-10(16)17)3-7-4-11(12,13)5-7/h7-8,14H,1,3-5H2,2H3,(H,16,17). The lowest BCUT2D eigenvalue weighted by molar-refractivity contribution is -0.125. The van der Waals surface area contributed by atoms with Crippen molar-refractivity contribution in [3.8, 4) is 0 Å². The summed E-state index contributed by atoms with van der Waals surface area (Å²) in [7, 11) is 0. The predicted molar refractivity (Wildman–Crippen MR) is 57.1 cm³/mol. The maximum atomic E-state index is 12.6. The lowest BCUT2D eigenvalue weighted by Crippen LogP contribution is -2.45. The molecule has 96 valence electrons. The van der Waals surface area contributed by atoms with Gasteiger partial charge in [-0.2, -0.15) is 0 Å². The highest BCUT2D eigenvalue weighted by atomic mass is 19.3. The molecule has 1 unspecified atom stereocenters. The second kappa shape index (κ2) is 4.81. The summed E-state index contributed by atoms with van der Waals surface area (Å²) in [5.74, 6) is -3.42. The maximum Gasteiger partial charge on any atom is 0.405 e. The first-order valence-electron chi connectivity index (χ1n) is 5.28. The fourth-order valence-electron chi connectivity index (χ4n) is 1.96. The highest BCUT2D eigenvalue weighted by Crippen LogP contribution is 2.44. The zero-order valence-electron chi connectivity index (χ0n) is 9.50. The Morgan fingerprint density at radius 2 is 2.06 bits per heavy atom. The molecule has 0 bridgehead atoms. The van der Waals surface area contributed by atoms with Crippen molar-refractivity contribution in [2.24, 2.45) is 5.92 Å². The van der Waals surface area contributed by atoms with E-state index in [4.69, 9.17) is 5.11 Å². The Morgan fingerprint density at radius 1 is 1.53 bits per heavy atom. The van der Waals surface area contributed by atoms with Gasteiger partial charge in [0.25, 0.3) is 0 Å². The van der Waals surface area contributed by atoms with Crippen LogP contribution in [0.5, 0.6) is 0 Å². The summed E-state index contributed by atoms with van der Waals surface area (Å²) in [5, 5.41) is 10.6. The van der Waals surface area contributed by atoms with Crippen molar-refractivity contribution in [1.29, 1.82) is 0 Å². The zero-order valence-corrected chi connectivity index (χ0v) is 9.50. The molecule has 0 spiro atoms. The highest BCUT2D eigenvalue weighted by molar-refractivity contribution is 5.99. The molecule has 1 atom stereocenters. The summed E-state index contributed by atoms with van der Waals surface area (Å²) < 4.78 is 25.2. The minimum Gasteiger partial charge on any atom is -0.465 e. The van der Waals surface area contributed by atoms with Crippen molar-refractivity contribution in [3.05, 3.63) is 12.2 Å². The molecule has 1 fully saturated rings. The Hall–Kier alpha value is -1.46. The van der Waals surface area contributed by atoms with Gasteiger partial charge in [0.1, 0.15) is 0 Å². The van der Waals surface area contributed by atoms with Crippen LogP contribution in [0.15, 0.2) is 12.2 Å². The van der Waals surface area contributed by atoms with Crippen molar-refractivity contribution >= 4 is 11.9 Å². The average Bonchev–Trinajstić information content (AvgIpc) is 2.11. The minimum absolute atomic E-state index is 0.105. The predicted octanol–water partition coefficient (Wildman–Crippen LogP) is 2.20. The van der Waals surface area contributed by atoms with E-state index in [1.807, 2.05) is 5.32 Å². The Labute approximate surface area is 97.7 Å². The van der Waals surface area contributed by atoms with Gasteiger partial charge in [0.2, 0.25) is 5.92 Å². The van der Waals surface area contributed by atoms with Crippen LogP contribution in [0.1, 0.15) is 26.2 Å². The van der Waals surface area contributed by atoms with Crippen LogP contribution < -0.4 is 5.32 Å². The van der Waals surface area contributed by atoms with Gasteiger partial charge < -0.3 is 10.4 Å². The summed E-state index contributed by atoms with van der Waals surface area (Å²) in [6.07, 6.45) is -1.80. The van der Waals surface area contributed by atoms with Crippen LogP contribution in [0, 0.1) is 5.92 Å². The van der Waals surface area contributed by atoms with E-state index in [1.165, 1.54) is 6.92 Å². The first-order chi connectivity index (χ1) is 7.71. The van der Waals surface area contributed by atoms with Gasteiger partial charge in [0, 0.05) is 12.8 Å². The molecule has 0 saturated heterocycles. The first kappa shape index (κ1) is 13.6. The van der Waals surface area contributed by atoms with Gasteiger partial charge in [0.15, 0.2) is 5.78 Å². The number of ketones is 1. The van der Waals surface area contributed by atoms with E-state index in [0.29, 0.717) is 0 Å². The van der Waals surface area contributed by atoms with Gasteiger partial charge >= 0.3 is 6.09 Å². The lowest BCUT2D eigenvalue weighted by atomic mass is 9.76. The smallest absolute Gasteiger partial charge is 0.405 e. The summed E-state index contributed by atoms with van der Waals surface area (Å²) in [6, 6.07) is -0.967. The lowest BCUT2D eigenvalue weighted by Gasteiger charge is -2.36. The van der Waals surface area contributed by atoms with E-state index in [0.717, 1.165) is 0 Å². The fourth-order valence-corrected chi connectivity index (χ4v) is 1.96. The topological polar surface area (TPSA) is 66.4 Å². The van der Waals surface area contributed by atoms with Crippen LogP contribution in [-0.2, 0) is 4.79 Å². The van der Waals surface area contributed by atoms with Crippen molar-refractivity contribution in [2.75, 3.05) is 0 Å². The normalized spacial score (nSPS) is 20.2. The third-order valence-corrected chi connectivity index (χ3v) is 2.78. The third-order valence-electron chi connectivity index (χ3n) is 2.78. The number of carbonyl (C=O) groups excluding carboxylic acids is 1. The monoisotopic (exact) mass is 247 g/mol. The molecule has 2 N–H and O–H groups in total. The Bertz CT molecular complexity index is 347. The number of nitrogens with one attached hydrogen (secondary N) is 1. The molecule has 6 heteroatoms. The number of hydrogen-bond acceptors (Lipinski definition) is 2. The number of rotatable bonds is 5. The van der Waals surface area contributed by atoms with E-state index >= 15 is 0 Å². The molecule has 4 nitrogen and oxygen atoms in total. The molecule has 0 radical (unpaired) electrons. The molecular formula is C11H15F2NO3. The Morgan fingerprint density at radius 3 is 2.41 bits per heavy atom. The zero-order chi connectivity index (χ0) is 13.2. The molecule has 0 aromatic heterocycles. The molecule has 1 aliphatic rings. The van der Waals surface area contributed by atoms with Gasteiger partial charge in [-0.25, -0.2) is 13.6 Å². The van der Waals surface area contributed by atoms with E-state index in [9.17, 15) is 18.4 Å². The van der Waals surface area contributed by atoms with Crippen LogP contribution in [0.3, 0.4) is 0 Å². The molecule has 17 heavy (non-hydrogen) atoms. The number of amides is 1. The minimum atomic E-state index is -2.66. The van der Waals surface area contributed by atoms with E-state index in [-0.39, 0.29) is 30.8 Å². The maximum absolute atomic E-state index is 12.6. The van der Waals surface area contributed by atoms with E-state index in [2.05, 4.69) is 6.58 Å². The van der Waals surface area contributed by atoms with Crippen LogP contribution in [0.4, 0.5) is 13.6 Å². The molecule has 0 aromatic carbocycles. The van der Waals surface area contributed by atoms with Crippen molar-refractivity contribution in [2.45, 2.75) is 38.2 Å². The number of alkyl halides is 2. The fraction of sp³-hybridized carbons (Fsp3) is 0.636. The quantitative estimate of drug-likeness (QED) is 0.732. The molecular weight excluding hydrogens is 232 g/mol. The molecule has 0 heterocycles. The first-order valence-corrected chi connectivity index (χ1v) is 5.28. The molecule has 1 rings (SSSR count). The van der Waals surface area contributed by atoms with Gasteiger partial charge in [-0.15, -0.1) is 0 Å². The van der Waals surface area contributed by atoms with Gasteiger partial charge in [-0.1, -0.05) is 6.58 Å². The highest BCUT2D eigenvalue weighted by Gasteiger charge is 2.46. The van der Waals surface area contributed by atoms with E-state index in [1.54, 1.807) is 0 Å². The molecule has 0 aliphatic heterocycles. The van der Waals surface area contributed by atoms with Crippen molar-refractivity contribution in [3.63, 3.8) is 0 Å². The van der Waals surface area contributed by atoms with E-state index < -0.39 is 23.8 Å².